The third kappa shape index (κ3) is 4.52. The number of hydrogen-bond acceptors (Lipinski definition) is 2. The van der Waals surface area contributed by atoms with Gasteiger partial charge in [0.15, 0.2) is 5.58 Å². The van der Waals surface area contributed by atoms with Gasteiger partial charge in [0.1, 0.15) is 5.58 Å². The molecule has 3 aliphatic rings. The molecule has 54 heavy (non-hydrogen) atoms. The number of furan rings is 1. The van der Waals surface area contributed by atoms with Crippen LogP contribution in [0.25, 0.3) is 55.0 Å². The molecule has 1 aromatic heterocycles. The van der Waals surface area contributed by atoms with Gasteiger partial charge in [0.25, 0.3) is 0 Å². The molecule has 0 aliphatic heterocycles. The van der Waals surface area contributed by atoms with E-state index in [1.54, 1.807) is 0 Å². The maximum Gasteiger partial charge on any atom is 0.159 e. The van der Waals surface area contributed by atoms with Crippen molar-refractivity contribution in [2.75, 3.05) is 4.90 Å². The Morgan fingerprint density at radius 2 is 1.15 bits per heavy atom. The monoisotopic (exact) mass is 699 g/mol. The fourth-order valence-corrected chi connectivity index (χ4v) is 10.5. The summed E-state index contributed by atoms with van der Waals surface area (Å²) in [6, 6.07) is 50.4. The summed E-state index contributed by atoms with van der Waals surface area (Å²) >= 11 is 0. The summed E-state index contributed by atoms with van der Waals surface area (Å²) in [6.45, 7) is 9.59. The zero-order chi connectivity index (χ0) is 36.3. The van der Waals surface area contributed by atoms with Crippen molar-refractivity contribution < 1.29 is 4.42 Å². The molecule has 11 rings (SSSR count). The van der Waals surface area contributed by atoms with Crippen molar-refractivity contribution in [1.82, 2.24) is 0 Å². The van der Waals surface area contributed by atoms with Gasteiger partial charge in [-0.2, -0.15) is 0 Å². The molecule has 2 heteroatoms. The summed E-state index contributed by atoms with van der Waals surface area (Å²) in [5.41, 5.74) is 17.7. The third-order valence-corrected chi connectivity index (χ3v) is 13.4. The zero-order valence-electron chi connectivity index (χ0n) is 31.7. The van der Waals surface area contributed by atoms with Crippen molar-refractivity contribution in [2.24, 2.45) is 0 Å². The van der Waals surface area contributed by atoms with Gasteiger partial charge in [-0.3, -0.25) is 0 Å². The quantitative estimate of drug-likeness (QED) is 0.182. The van der Waals surface area contributed by atoms with E-state index >= 15 is 0 Å². The van der Waals surface area contributed by atoms with Crippen molar-refractivity contribution >= 4 is 49.8 Å². The van der Waals surface area contributed by atoms with Crippen molar-refractivity contribution in [2.45, 2.75) is 76.5 Å². The van der Waals surface area contributed by atoms with Gasteiger partial charge in [-0.15, -0.1) is 0 Å². The Kier molecular flexibility index (Phi) is 6.76. The predicted molar refractivity (Wildman–Crippen MR) is 227 cm³/mol. The van der Waals surface area contributed by atoms with E-state index in [1.165, 1.54) is 92.9 Å². The molecule has 0 N–H and O–H groups in total. The highest BCUT2D eigenvalue weighted by molar-refractivity contribution is 6.10. The highest BCUT2D eigenvalue weighted by Crippen LogP contribution is 2.56. The average molecular weight is 700 g/mol. The molecule has 7 aromatic carbocycles. The van der Waals surface area contributed by atoms with Gasteiger partial charge < -0.3 is 9.32 Å². The first-order valence-corrected chi connectivity index (χ1v) is 20.0. The number of benzene rings is 7. The molecular weight excluding hydrogens is 655 g/mol. The van der Waals surface area contributed by atoms with Gasteiger partial charge in [-0.05, 0) is 140 Å². The number of anilines is 3. The molecule has 0 spiro atoms. The lowest BCUT2D eigenvalue weighted by Gasteiger charge is -2.27. The van der Waals surface area contributed by atoms with Crippen LogP contribution in [-0.2, 0) is 10.8 Å². The van der Waals surface area contributed by atoms with E-state index in [1.807, 2.05) is 0 Å². The van der Waals surface area contributed by atoms with E-state index in [-0.39, 0.29) is 10.8 Å². The topological polar surface area (TPSA) is 16.4 Å². The second kappa shape index (κ2) is 11.5. The van der Waals surface area contributed by atoms with E-state index in [0.717, 1.165) is 39.0 Å². The summed E-state index contributed by atoms with van der Waals surface area (Å²) in [4.78, 5) is 2.41. The minimum absolute atomic E-state index is 0.0274. The Morgan fingerprint density at radius 1 is 0.500 bits per heavy atom. The van der Waals surface area contributed by atoms with Gasteiger partial charge in [0.2, 0.25) is 0 Å². The van der Waals surface area contributed by atoms with E-state index in [9.17, 15) is 0 Å². The Morgan fingerprint density at radius 3 is 1.96 bits per heavy atom. The highest BCUT2D eigenvalue weighted by Gasteiger charge is 2.41. The first-order chi connectivity index (χ1) is 26.3. The summed E-state index contributed by atoms with van der Waals surface area (Å²) in [5, 5.41) is 4.81. The van der Waals surface area contributed by atoms with Crippen molar-refractivity contribution in [1.29, 1.82) is 0 Å². The molecule has 0 saturated heterocycles. The largest absolute Gasteiger partial charge is 0.454 e. The van der Waals surface area contributed by atoms with Crippen LogP contribution in [0.3, 0.4) is 0 Å². The number of rotatable bonds is 4. The minimum atomic E-state index is -0.125. The number of nitrogens with zero attached hydrogens (tertiary/aromatic N) is 1. The van der Waals surface area contributed by atoms with Crippen LogP contribution in [0, 0.1) is 0 Å². The van der Waals surface area contributed by atoms with Crippen LogP contribution in [0.15, 0.2) is 138 Å². The smallest absolute Gasteiger partial charge is 0.159 e. The SMILES string of the molecule is CC1(C)c2ccccc2-c2cc3c(cc21)-c1cc2ccc(N(c4ccc(C5CCCCC5)cc4)c4cccc5c4oc4ccccc45)cc2cc1C3(C)C. The molecule has 1 heterocycles. The second-order valence-electron chi connectivity index (χ2n) is 17.2. The Balaban J connectivity index is 1.07. The van der Waals surface area contributed by atoms with Gasteiger partial charge >= 0.3 is 0 Å². The van der Waals surface area contributed by atoms with Gasteiger partial charge in [-0.25, -0.2) is 0 Å². The van der Waals surface area contributed by atoms with Crippen LogP contribution in [-0.4, -0.2) is 0 Å². The summed E-state index contributed by atoms with van der Waals surface area (Å²) in [5.74, 6) is 0.664. The van der Waals surface area contributed by atoms with Gasteiger partial charge in [-0.1, -0.05) is 120 Å². The minimum Gasteiger partial charge on any atom is -0.454 e. The number of para-hydroxylation sites is 2. The number of hydrogen-bond donors (Lipinski definition) is 0. The standard InChI is InChI=1S/C52H45NO/c1-51(2)44-18-10-8-15-38(44)42-30-47-43(31-46(42)51)41-28-34-23-26-37(27-35(34)29-45(41)52(47,3)4)53(36-24-21-33(22-25-36)32-13-6-5-7-14-32)48-19-12-17-40-39-16-9-11-20-49(39)54-50(40)48/h8-12,15-32H,5-7,13-14H2,1-4H3. The van der Waals surface area contributed by atoms with E-state index in [2.05, 4.69) is 166 Å². The lowest BCUT2D eigenvalue weighted by Crippen LogP contribution is -2.17. The van der Waals surface area contributed by atoms with Gasteiger partial charge in [0, 0.05) is 33.0 Å². The fourth-order valence-electron chi connectivity index (χ4n) is 10.5. The van der Waals surface area contributed by atoms with Crippen molar-refractivity contribution in [3.05, 3.63) is 161 Å². The second-order valence-corrected chi connectivity index (χ2v) is 17.2. The molecule has 0 unspecified atom stereocenters. The van der Waals surface area contributed by atoms with Crippen LogP contribution in [0.5, 0.6) is 0 Å². The third-order valence-electron chi connectivity index (χ3n) is 13.4. The van der Waals surface area contributed by atoms with Gasteiger partial charge in [0.05, 0.1) is 5.69 Å². The molecule has 0 radical (unpaired) electrons. The molecule has 8 aromatic rings. The maximum absolute atomic E-state index is 6.67. The Bertz CT molecular complexity index is 2810. The van der Waals surface area contributed by atoms with E-state index in [0.29, 0.717) is 5.92 Å². The Labute approximate surface area is 318 Å². The molecule has 3 aliphatic carbocycles. The summed E-state index contributed by atoms with van der Waals surface area (Å²) in [6.07, 6.45) is 6.63. The van der Waals surface area contributed by atoms with Crippen LogP contribution < -0.4 is 4.90 Å². The lowest BCUT2D eigenvalue weighted by atomic mass is 9.79. The Hall–Kier alpha value is -5.60. The van der Waals surface area contributed by atoms with Crippen LogP contribution in [0.1, 0.15) is 93.5 Å². The number of fused-ring (bicyclic) bond motifs is 10. The summed E-state index contributed by atoms with van der Waals surface area (Å²) in [7, 11) is 0. The molecule has 2 nitrogen and oxygen atoms in total. The normalized spacial score (nSPS) is 16.7. The van der Waals surface area contributed by atoms with Crippen LogP contribution in [0.2, 0.25) is 0 Å². The maximum atomic E-state index is 6.67. The molecule has 0 atom stereocenters. The first kappa shape index (κ1) is 31.9. The van der Waals surface area contributed by atoms with E-state index in [4.69, 9.17) is 4.42 Å². The summed E-state index contributed by atoms with van der Waals surface area (Å²) < 4.78 is 6.67. The highest BCUT2D eigenvalue weighted by atomic mass is 16.3. The van der Waals surface area contributed by atoms with Crippen molar-refractivity contribution in [3.63, 3.8) is 0 Å². The zero-order valence-corrected chi connectivity index (χ0v) is 31.7. The molecule has 264 valence electrons. The van der Waals surface area contributed by atoms with Crippen LogP contribution in [0.4, 0.5) is 17.1 Å². The predicted octanol–water partition coefficient (Wildman–Crippen LogP) is 14.9. The molecular formula is C52H45NO. The van der Waals surface area contributed by atoms with Crippen LogP contribution >= 0.6 is 0 Å². The lowest BCUT2D eigenvalue weighted by molar-refractivity contribution is 0.443. The van der Waals surface area contributed by atoms with E-state index < -0.39 is 0 Å². The first-order valence-electron chi connectivity index (χ1n) is 20.0. The fraction of sp³-hybridized carbons (Fsp3) is 0.231. The average Bonchev–Trinajstić information content (AvgIpc) is 3.77. The molecule has 0 amide bonds. The molecule has 0 bridgehead atoms. The molecule has 1 saturated carbocycles. The molecule has 1 fully saturated rings. The van der Waals surface area contributed by atoms with Crippen molar-refractivity contribution in [3.8, 4) is 22.3 Å².